The summed E-state index contributed by atoms with van der Waals surface area (Å²) in [7, 11) is 0. The summed E-state index contributed by atoms with van der Waals surface area (Å²) in [5.41, 5.74) is 0.453. The monoisotopic (exact) mass is 260 g/mol. The molecule has 1 N–H and O–H groups in total. The summed E-state index contributed by atoms with van der Waals surface area (Å²) in [6, 6.07) is 3.33. The molecule has 2 saturated carbocycles. The molecule has 0 unspecified atom stereocenters. The van der Waals surface area contributed by atoms with Gasteiger partial charge >= 0.3 is 5.97 Å². The van der Waals surface area contributed by atoms with E-state index in [1.165, 1.54) is 25.1 Å². The average molecular weight is 260 g/mol. The highest BCUT2D eigenvalue weighted by molar-refractivity contribution is 5.95. The Hall–Kier alpha value is -1.91. The van der Waals surface area contributed by atoms with Crippen LogP contribution in [-0.2, 0) is 0 Å². The van der Waals surface area contributed by atoms with Gasteiger partial charge in [-0.2, -0.15) is 0 Å². The standard InChI is InChI=1S/C14H16N2O3/c17-13(10-3-6-12(14(18)19)15-7-10)16(11-4-5-11)8-9-1-2-9/h3,6-7,9,11H,1-2,4-5,8H2,(H,18,19). The number of rotatable bonds is 5. The molecule has 1 heterocycles. The second-order valence-corrected chi connectivity index (χ2v) is 5.37. The lowest BCUT2D eigenvalue weighted by molar-refractivity contribution is 0.0685. The summed E-state index contributed by atoms with van der Waals surface area (Å²) in [4.78, 5) is 28.9. The molecule has 2 fully saturated rings. The van der Waals surface area contributed by atoms with Crippen LogP contribution < -0.4 is 0 Å². The van der Waals surface area contributed by atoms with Crippen molar-refractivity contribution in [3.63, 3.8) is 0 Å². The predicted octanol–water partition coefficient (Wildman–Crippen LogP) is 1.79. The first-order chi connectivity index (χ1) is 9.15. The molecule has 100 valence electrons. The van der Waals surface area contributed by atoms with Gasteiger partial charge in [0.05, 0.1) is 5.56 Å². The Kier molecular flexibility index (Phi) is 2.97. The minimum atomic E-state index is -1.07. The number of hydrogen-bond donors (Lipinski definition) is 1. The van der Waals surface area contributed by atoms with Crippen LogP contribution in [0, 0.1) is 5.92 Å². The largest absolute Gasteiger partial charge is 0.477 e. The third kappa shape index (κ3) is 2.75. The lowest BCUT2D eigenvalue weighted by atomic mass is 10.2. The first-order valence-corrected chi connectivity index (χ1v) is 6.65. The first kappa shape index (κ1) is 12.1. The zero-order valence-corrected chi connectivity index (χ0v) is 10.6. The summed E-state index contributed by atoms with van der Waals surface area (Å²) in [6.07, 6.45) is 5.96. The van der Waals surface area contributed by atoms with Crippen LogP contribution in [0.25, 0.3) is 0 Å². The van der Waals surface area contributed by atoms with Gasteiger partial charge in [-0.25, -0.2) is 9.78 Å². The molecule has 1 amide bonds. The van der Waals surface area contributed by atoms with Crippen LogP contribution in [-0.4, -0.2) is 39.5 Å². The number of pyridine rings is 1. The summed E-state index contributed by atoms with van der Waals surface area (Å²) >= 11 is 0. The fourth-order valence-electron chi connectivity index (χ4n) is 2.18. The molecule has 0 radical (unpaired) electrons. The lowest BCUT2D eigenvalue weighted by Crippen LogP contribution is -2.35. The molecule has 19 heavy (non-hydrogen) atoms. The molecule has 1 aromatic rings. The molecule has 3 rings (SSSR count). The van der Waals surface area contributed by atoms with E-state index in [1.807, 2.05) is 4.90 Å². The van der Waals surface area contributed by atoms with Crippen molar-refractivity contribution in [2.24, 2.45) is 5.92 Å². The van der Waals surface area contributed by atoms with E-state index < -0.39 is 5.97 Å². The topological polar surface area (TPSA) is 70.5 Å². The molecule has 1 aromatic heterocycles. The van der Waals surface area contributed by atoms with Crippen LogP contribution in [0.15, 0.2) is 18.3 Å². The molecular formula is C14H16N2O3. The lowest BCUT2D eigenvalue weighted by Gasteiger charge is -2.22. The molecule has 0 aromatic carbocycles. The highest BCUT2D eigenvalue weighted by atomic mass is 16.4. The number of aromatic nitrogens is 1. The van der Waals surface area contributed by atoms with Gasteiger partial charge in [-0.3, -0.25) is 4.79 Å². The molecule has 2 aliphatic rings. The maximum Gasteiger partial charge on any atom is 0.354 e. The smallest absolute Gasteiger partial charge is 0.354 e. The number of nitrogens with zero attached hydrogens (tertiary/aromatic N) is 2. The zero-order valence-electron chi connectivity index (χ0n) is 10.6. The van der Waals surface area contributed by atoms with Crippen molar-refractivity contribution >= 4 is 11.9 Å². The Bertz CT molecular complexity index is 504. The van der Waals surface area contributed by atoms with Gasteiger partial charge in [0.15, 0.2) is 0 Å². The fourth-order valence-corrected chi connectivity index (χ4v) is 2.18. The van der Waals surface area contributed by atoms with Gasteiger partial charge in [0.2, 0.25) is 0 Å². The van der Waals surface area contributed by atoms with Crippen LogP contribution >= 0.6 is 0 Å². The van der Waals surface area contributed by atoms with Crippen molar-refractivity contribution in [1.82, 2.24) is 9.88 Å². The van der Waals surface area contributed by atoms with Gasteiger partial charge in [0.25, 0.3) is 5.91 Å². The molecule has 0 atom stereocenters. The van der Waals surface area contributed by atoms with Gasteiger partial charge in [0, 0.05) is 18.8 Å². The van der Waals surface area contributed by atoms with Crippen molar-refractivity contribution in [1.29, 1.82) is 0 Å². The van der Waals surface area contributed by atoms with E-state index in [0.717, 1.165) is 19.4 Å². The van der Waals surface area contributed by atoms with Gasteiger partial charge in [-0.05, 0) is 43.7 Å². The van der Waals surface area contributed by atoms with Gasteiger partial charge in [-0.15, -0.1) is 0 Å². The number of carbonyl (C=O) groups excluding carboxylic acids is 1. The second-order valence-electron chi connectivity index (χ2n) is 5.37. The Balaban J connectivity index is 1.74. The molecule has 2 aliphatic carbocycles. The number of carboxylic acids is 1. The van der Waals surface area contributed by atoms with E-state index in [-0.39, 0.29) is 11.6 Å². The van der Waals surface area contributed by atoms with Gasteiger partial charge < -0.3 is 10.0 Å². The SMILES string of the molecule is O=C(O)c1ccc(C(=O)N(CC2CC2)C2CC2)cn1. The molecular weight excluding hydrogens is 244 g/mol. The van der Waals surface area contributed by atoms with Crippen molar-refractivity contribution in [2.75, 3.05) is 6.54 Å². The maximum atomic E-state index is 12.4. The molecule has 5 heteroatoms. The van der Waals surface area contributed by atoms with E-state index in [4.69, 9.17) is 5.11 Å². The van der Waals surface area contributed by atoms with Crippen molar-refractivity contribution in [3.05, 3.63) is 29.6 Å². The molecule has 0 spiro atoms. The van der Waals surface area contributed by atoms with Crippen molar-refractivity contribution < 1.29 is 14.7 Å². The normalized spacial score (nSPS) is 18.1. The Labute approximate surface area is 111 Å². The molecule has 0 saturated heterocycles. The Morgan fingerprint density at radius 3 is 2.47 bits per heavy atom. The minimum absolute atomic E-state index is 0.0150. The quantitative estimate of drug-likeness (QED) is 0.876. The summed E-state index contributed by atoms with van der Waals surface area (Å²) in [5.74, 6) is -0.425. The van der Waals surface area contributed by atoms with E-state index >= 15 is 0 Å². The van der Waals surface area contributed by atoms with Crippen molar-refractivity contribution in [2.45, 2.75) is 31.7 Å². The molecule has 0 aliphatic heterocycles. The minimum Gasteiger partial charge on any atom is -0.477 e. The highest BCUT2D eigenvalue weighted by Gasteiger charge is 2.36. The Morgan fingerprint density at radius 1 is 1.26 bits per heavy atom. The third-order valence-electron chi connectivity index (χ3n) is 3.63. The van der Waals surface area contributed by atoms with E-state index in [0.29, 0.717) is 17.5 Å². The Morgan fingerprint density at radius 2 is 2.00 bits per heavy atom. The highest BCUT2D eigenvalue weighted by Crippen LogP contribution is 2.35. The zero-order chi connectivity index (χ0) is 13.4. The molecule has 0 bridgehead atoms. The molecule has 5 nitrogen and oxygen atoms in total. The van der Waals surface area contributed by atoms with E-state index in [1.54, 1.807) is 6.07 Å². The van der Waals surface area contributed by atoms with Crippen LogP contribution in [0.1, 0.15) is 46.5 Å². The van der Waals surface area contributed by atoms with Gasteiger partial charge in [0.1, 0.15) is 5.69 Å². The summed E-state index contributed by atoms with van der Waals surface area (Å²) < 4.78 is 0. The van der Waals surface area contributed by atoms with E-state index in [9.17, 15) is 9.59 Å². The maximum absolute atomic E-state index is 12.4. The second kappa shape index (κ2) is 4.64. The van der Waals surface area contributed by atoms with E-state index in [2.05, 4.69) is 4.98 Å². The van der Waals surface area contributed by atoms with Crippen LogP contribution in [0.5, 0.6) is 0 Å². The summed E-state index contributed by atoms with van der Waals surface area (Å²) in [5, 5.41) is 8.79. The van der Waals surface area contributed by atoms with Crippen molar-refractivity contribution in [3.8, 4) is 0 Å². The number of carbonyl (C=O) groups is 2. The average Bonchev–Trinajstić information content (AvgIpc) is 3.28. The number of hydrogen-bond acceptors (Lipinski definition) is 3. The fraction of sp³-hybridized carbons (Fsp3) is 0.500. The number of amides is 1. The predicted molar refractivity (Wildman–Crippen MR) is 68.0 cm³/mol. The number of aromatic carboxylic acids is 1. The van der Waals surface area contributed by atoms with Gasteiger partial charge in [-0.1, -0.05) is 0 Å². The third-order valence-corrected chi connectivity index (χ3v) is 3.63. The summed E-state index contributed by atoms with van der Waals surface area (Å²) in [6.45, 7) is 0.837. The van der Waals surface area contributed by atoms with Crippen LogP contribution in [0.2, 0.25) is 0 Å². The first-order valence-electron chi connectivity index (χ1n) is 6.65. The number of carboxylic acid groups (broad SMARTS) is 1. The van der Waals surface area contributed by atoms with Crippen LogP contribution in [0.3, 0.4) is 0 Å². The van der Waals surface area contributed by atoms with Crippen LogP contribution in [0.4, 0.5) is 0 Å².